The number of carbonyl (C=O) groups is 2. The van der Waals surface area contributed by atoms with Crippen LogP contribution in [0.2, 0.25) is 15.1 Å². The number of ether oxygens (including phenoxy) is 1. The highest BCUT2D eigenvalue weighted by molar-refractivity contribution is 8.00. The molecule has 0 unspecified atom stereocenters. The van der Waals surface area contributed by atoms with Crippen LogP contribution in [0, 0.1) is 0 Å². The highest BCUT2D eigenvalue weighted by atomic mass is 35.5. The van der Waals surface area contributed by atoms with Gasteiger partial charge in [0.05, 0.1) is 31.9 Å². The molecule has 5 aliphatic heterocycles. The molecule has 0 saturated heterocycles. The number of hydrogen-bond donors (Lipinski definition) is 3. The van der Waals surface area contributed by atoms with Crippen molar-refractivity contribution in [1.29, 1.82) is 0 Å². The second-order valence-corrected chi connectivity index (χ2v) is 16.6. The minimum absolute atomic E-state index is 0.0375. The van der Waals surface area contributed by atoms with Crippen molar-refractivity contribution in [2.24, 2.45) is 0 Å². The maximum absolute atomic E-state index is 13.3. The number of fused-ring (bicyclic) bond motifs is 4. The van der Waals surface area contributed by atoms with Crippen LogP contribution in [0.15, 0.2) is 29.2 Å². The van der Waals surface area contributed by atoms with E-state index < -0.39 is 23.7 Å². The first-order valence-corrected chi connectivity index (χ1v) is 20.5. The minimum Gasteiger partial charge on any atom is -0.492 e. The number of halogens is 3. The summed E-state index contributed by atoms with van der Waals surface area (Å²) in [5.74, 6) is -1.95. The van der Waals surface area contributed by atoms with Crippen molar-refractivity contribution in [2.75, 3.05) is 36.8 Å². The van der Waals surface area contributed by atoms with E-state index in [1.165, 1.54) is 34.3 Å². The van der Waals surface area contributed by atoms with Gasteiger partial charge in [-0.25, -0.2) is 14.2 Å². The lowest BCUT2D eigenvalue weighted by molar-refractivity contribution is -0.142. The van der Waals surface area contributed by atoms with Gasteiger partial charge in [-0.2, -0.15) is 0 Å². The molecule has 0 amide bonds. The van der Waals surface area contributed by atoms with Crippen LogP contribution in [0.4, 0.5) is 5.69 Å². The largest absolute Gasteiger partial charge is 0.492 e. The molecule has 10 nitrogen and oxygen atoms in total. The minimum atomic E-state index is -1.29. The van der Waals surface area contributed by atoms with Gasteiger partial charge >= 0.3 is 11.9 Å². The van der Waals surface area contributed by atoms with E-state index >= 15 is 0 Å². The number of carboxylic acid groups (broad SMARTS) is 1. The monoisotopic (exact) mass is 808 g/mol. The number of rotatable bonds is 6. The number of aromatic nitrogens is 1. The Hall–Kier alpha value is -4.03. The molecule has 0 aliphatic carbocycles. The van der Waals surface area contributed by atoms with Gasteiger partial charge in [0.15, 0.2) is 0 Å². The smallest absolute Gasteiger partial charge is 0.343 e. The van der Waals surface area contributed by atoms with Crippen LogP contribution >= 0.6 is 46.6 Å². The van der Waals surface area contributed by atoms with Crippen LogP contribution in [-0.2, 0) is 30.5 Å². The first-order chi connectivity index (χ1) is 26.1. The summed E-state index contributed by atoms with van der Waals surface area (Å²) in [5.41, 5.74) is 7.28. The molecule has 54 heavy (non-hydrogen) atoms. The Morgan fingerprint density at radius 2 is 1.56 bits per heavy atom. The molecule has 0 spiro atoms. The standard InChI is InChI=1S/C40H36Cl3N3O7S/c41-32-31(40(50)51)30(33(42)39(34(32)43)54-19-28(49)53-46-26(47)11-12-27(46)48)29-24-17-20-7-1-3-13-44-15-5-9-22(35(20)44)37(24)52-38-23-10-6-16-45-14-4-2-8-21(36(23)45)18-25(29)38/h11-12,17-18H,1-10,13-16,19H2,(H2-,47,48,50,51)/p+1. The summed E-state index contributed by atoms with van der Waals surface area (Å²) in [6, 6.07) is 6.70. The Bertz CT molecular complexity index is 2430. The van der Waals surface area contributed by atoms with Gasteiger partial charge in [0, 0.05) is 81.7 Å². The second kappa shape index (κ2) is 13.9. The average molecular weight is 810 g/mol. The molecule has 4 aromatic rings. The summed E-state index contributed by atoms with van der Waals surface area (Å²) in [6.45, 7) is 3.92. The van der Waals surface area contributed by atoms with Crippen molar-refractivity contribution in [2.45, 2.75) is 69.1 Å². The van der Waals surface area contributed by atoms with Crippen LogP contribution in [0.5, 0.6) is 23.3 Å². The number of aryl methyl sites for hydroxylation is 2. The van der Waals surface area contributed by atoms with E-state index in [4.69, 9.17) is 44.4 Å². The quantitative estimate of drug-likeness (QED) is 0.1000. The van der Waals surface area contributed by atoms with E-state index in [-0.39, 0.29) is 36.8 Å². The Balaban J connectivity index is 1.32. The first-order valence-electron chi connectivity index (χ1n) is 18.4. The van der Waals surface area contributed by atoms with Crippen molar-refractivity contribution < 1.29 is 34.5 Å². The predicted octanol–water partition coefficient (Wildman–Crippen LogP) is 6.52. The van der Waals surface area contributed by atoms with Crippen molar-refractivity contribution in [3.63, 3.8) is 0 Å². The number of thioether (sulfide) groups is 1. The predicted molar refractivity (Wildman–Crippen MR) is 208 cm³/mol. The molecule has 0 bridgehead atoms. The van der Waals surface area contributed by atoms with Gasteiger partial charge < -0.3 is 29.8 Å². The molecular weight excluding hydrogens is 773 g/mol. The molecule has 0 radical (unpaired) electrons. The molecule has 14 heteroatoms. The Morgan fingerprint density at radius 3 is 2.35 bits per heavy atom. The number of anilines is 1. The topological polar surface area (TPSA) is 124 Å². The molecule has 9 rings (SSSR count). The maximum atomic E-state index is 13.3. The summed E-state index contributed by atoms with van der Waals surface area (Å²) < 4.78 is 10.3. The van der Waals surface area contributed by atoms with E-state index in [1.807, 2.05) is 0 Å². The van der Waals surface area contributed by atoms with E-state index in [0.29, 0.717) is 10.3 Å². The number of aromatic carboxylic acids is 1. The number of hydrogen-bond acceptors (Lipinski definition) is 8. The number of aromatic hydroxyl groups is 2. The summed E-state index contributed by atoms with van der Waals surface area (Å²) >= 11 is 22.1. The third-order valence-electron chi connectivity index (χ3n) is 11.3. The van der Waals surface area contributed by atoms with Crippen molar-refractivity contribution >= 4 is 69.8 Å². The zero-order valence-corrected chi connectivity index (χ0v) is 32.4. The zero-order valence-electron chi connectivity index (χ0n) is 29.3. The van der Waals surface area contributed by atoms with Gasteiger partial charge in [0.1, 0.15) is 24.6 Å². The molecule has 3 aromatic carbocycles. The van der Waals surface area contributed by atoms with Crippen LogP contribution in [-0.4, -0.2) is 63.9 Å². The van der Waals surface area contributed by atoms with Gasteiger partial charge in [-0.15, -0.1) is 16.5 Å². The highest BCUT2D eigenvalue weighted by Crippen LogP contribution is 2.52. The Morgan fingerprint density at radius 1 is 0.833 bits per heavy atom. The van der Waals surface area contributed by atoms with E-state index in [2.05, 4.69) is 21.6 Å². The van der Waals surface area contributed by atoms with Gasteiger partial charge in [-0.05, 0) is 69.1 Å². The third kappa shape index (κ3) is 5.72. The lowest BCUT2D eigenvalue weighted by atomic mass is 9.83. The first kappa shape index (κ1) is 35.7. The number of benzene rings is 3. The van der Waals surface area contributed by atoms with Crippen molar-refractivity contribution in [1.82, 2.24) is 9.31 Å². The molecule has 6 heterocycles. The summed E-state index contributed by atoms with van der Waals surface area (Å²) in [6.07, 6.45) is 9.60. The lowest BCUT2D eigenvalue weighted by Crippen LogP contribution is -2.41. The van der Waals surface area contributed by atoms with Gasteiger partial charge in [-0.1, -0.05) is 34.8 Å². The van der Waals surface area contributed by atoms with Crippen molar-refractivity contribution in [3.8, 4) is 23.3 Å². The van der Waals surface area contributed by atoms with Gasteiger partial charge in [0.2, 0.25) is 17.1 Å². The van der Waals surface area contributed by atoms with Crippen LogP contribution < -0.4 is 29.6 Å². The molecule has 5 aliphatic rings. The molecule has 1 aromatic heterocycles. The summed E-state index contributed by atoms with van der Waals surface area (Å²) in [4.78, 5) is 34.2. The normalized spacial score (nSPS) is 17.1. The highest BCUT2D eigenvalue weighted by Gasteiger charge is 2.38. The average Bonchev–Trinajstić information content (AvgIpc) is 3.31. The van der Waals surface area contributed by atoms with Crippen LogP contribution in [0.3, 0.4) is 0 Å². The fraction of sp³-hybridized carbons (Fsp3) is 0.375. The molecular formula is C40H37Cl3N3O7S+. The Kier molecular flexibility index (Phi) is 9.19. The third-order valence-corrected chi connectivity index (χ3v) is 13.8. The van der Waals surface area contributed by atoms with Crippen molar-refractivity contribution in [3.05, 3.63) is 88.9 Å². The SMILES string of the molecule is O=C(CSc1c(Cl)c(Cl)c(C(=O)O)c(C2=c3cc4c5c(c3Oc3c2cc2c6c3CCCN6CCCC2)CCC[N+]=5CCCC4)c1Cl)On1c(O)ccc1O. The second-order valence-electron chi connectivity index (χ2n) is 14.5. The van der Waals surface area contributed by atoms with Gasteiger partial charge in [-0.3, -0.25) is 0 Å². The van der Waals surface area contributed by atoms with E-state index in [9.17, 15) is 24.9 Å². The Labute approximate surface area is 330 Å². The summed E-state index contributed by atoms with van der Waals surface area (Å²) in [5, 5.41) is 32.6. The van der Waals surface area contributed by atoms with E-state index in [0.717, 1.165) is 136 Å². The number of carbonyl (C=O) groups excluding carboxylic acids is 1. The molecule has 0 fully saturated rings. The molecule has 3 N–H and O–H groups in total. The summed E-state index contributed by atoms with van der Waals surface area (Å²) in [7, 11) is 0. The lowest BCUT2D eigenvalue weighted by Gasteiger charge is -2.36. The zero-order chi connectivity index (χ0) is 37.4. The molecule has 0 atom stereocenters. The number of nitrogens with zero attached hydrogens (tertiary/aromatic N) is 3. The van der Waals surface area contributed by atoms with E-state index in [1.54, 1.807) is 0 Å². The van der Waals surface area contributed by atoms with Crippen LogP contribution in [0.1, 0.15) is 82.3 Å². The van der Waals surface area contributed by atoms with Crippen LogP contribution in [0.25, 0.3) is 5.57 Å². The molecule has 0 saturated carbocycles. The maximum Gasteiger partial charge on any atom is 0.343 e. The molecule has 280 valence electrons. The fourth-order valence-electron chi connectivity index (χ4n) is 9.05. The van der Waals surface area contributed by atoms with Gasteiger partial charge in [0.25, 0.3) is 0 Å². The fourth-order valence-corrected chi connectivity index (χ4v) is 11.0. The number of carboxylic acids is 1.